The minimum absolute atomic E-state index is 0.0660. The molecule has 1 aromatic heterocycles. The first-order chi connectivity index (χ1) is 11.2. The molecule has 0 aliphatic heterocycles. The van der Waals surface area contributed by atoms with E-state index in [-0.39, 0.29) is 5.91 Å². The number of rotatable bonds is 5. The van der Waals surface area contributed by atoms with E-state index in [2.05, 4.69) is 35.4 Å². The lowest BCUT2D eigenvalue weighted by atomic mass is 10.1. The van der Waals surface area contributed by atoms with Gasteiger partial charge in [-0.25, -0.2) is 0 Å². The second kappa shape index (κ2) is 6.57. The van der Waals surface area contributed by atoms with E-state index in [4.69, 9.17) is 4.74 Å². The molecule has 3 aromatic rings. The van der Waals surface area contributed by atoms with Gasteiger partial charge in [0, 0.05) is 29.2 Å². The van der Waals surface area contributed by atoms with Crippen molar-refractivity contribution in [3.63, 3.8) is 0 Å². The van der Waals surface area contributed by atoms with Crippen LogP contribution in [0, 0.1) is 6.92 Å². The summed E-state index contributed by atoms with van der Waals surface area (Å²) in [6, 6.07) is 13.4. The van der Waals surface area contributed by atoms with Crippen LogP contribution in [-0.2, 0) is 6.42 Å². The molecule has 4 heteroatoms. The number of aromatic nitrogens is 1. The van der Waals surface area contributed by atoms with Crippen LogP contribution in [0.25, 0.3) is 10.9 Å². The zero-order valence-electron chi connectivity index (χ0n) is 13.3. The van der Waals surface area contributed by atoms with Crippen molar-refractivity contribution in [1.82, 2.24) is 10.3 Å². The number of ether oxygens (including phenoxy) is 1. The van der Waals surface area contributed by atoms with Crippen LogP contribution in [0.1, 0.15) is 21.5 Å². The number of hydrogen-bond donors (Lipinski definition) is 2. The molecule has 0 saturated heterocycles. The fraction of sp³-hybridized carbons (Fsp3) is 0.211. The Hall–Kier alpha value is -2.75. The lowest BCUT2D eigenvalue weighted by Gasteiger charge is -2.06. The summed E-state index contributed by atoms with van der Waals surface area (Å²) >= 11 is 0. The molecule has 0 fully saturated rings. The number of benzene rings is 2. The van der Waals surface area contributed by atoms with Gasteiger partial charge in [-0.05, 0) is 48.7 Å². The highest BCUT2D eigenvalue weighted by Gasteiger charge is 2.08. The van der Waals surface area contributed by atoms with Crippen LogP contribution in [0.4, 0.5) is 0 Å². The van der Waals surface area contributed by atoms with E-state index in [1.807, 2.05) is 6.20 Å². The van der Waals surface area contributed by atoms with Crippen LogP contribution in [0.3, 0.4) is 0 Å². The molecule has 23 heavy (non-hydrogen) atoms. The molecule has 0 unspecified atom stereocenters. The van der Waals surface area contributed by atoms with Gasteiger partial charge in [0.15, 0.2) is 0 Å². The summed E-state index contributed by atoms with van der Waals surface area (Å²) in [7, 11) is 1.61. The zero-order valence-corrected chi connectivity index (χ0v) is 13.3. The van der Waals surface area contributed by atoms with Crippen LogP contribution >= 0.6 is 0 Å². The number of H-pyrrole nitrogens is 1. The zero-order chi connectivity index (χ0) is 16.2. The van der Waals surface area contributed by atoms with Crippen LogP contribution < -0.4 is 10.1 Å². The Morgan fingerprint density at radius 3 is 2.70 bits per heavy atom. The van der Waals surface area contributed by atoms with E-state index in [1.165, 1.54) is 22.0 Å². The summed E-state index contributed by atoms with van der Waals surface area (Å²) in [6.07, 6.45) is 2.82. The molecule has 1 amide bonds. The number of para-hydroxylation sites is 1. The van der Waals surface area contributed by atoms with Gasteiger partial charge in [-0.15, -0.1) is 0 Å². The van der Waals surface area contributed by atoms with Crippen LogP contribution in [0.5, 0.6) is 5.75 Å². The average Bonchev–Trinajstić information content (AvgIpc) is 2.99. The molecular formula is C19H20N2O2. The number of amides is 1. The Bertz CT molecular complexity index is 819. The van der Waals surface area contributed by atoms with Gasteiger partial charge in [-0.2, -0.15) is 0 Å². The van der Waals surface area contributed by atoms with Crippen molar-refractivity contribution < 1.29 is 9.53 Å². The van der Waals surface area contributed by atoms with Crippen molar-refractivity contribution in [2.45, 2.75) is 13.3 Å². The van der Waals surface area contributed by atoms with E-state index < -0.39 is 0 Å². The third-order valence-corrected chi connectivity index (χ3v) is 4.04. The summed E-state index contributed by atoms with van der Waals surface area (Å²) in [5.41, 5.74) is 4.26. The Balaban J connectivity index is 1.61. The maximum atomic E-state index is 12.1. The van der Waals surface area contributed by atoms with Crippen molar-refractivity contribution in [1.29, 1.82) is 0 Å². The van der Waals surface area contributed by atoms with Gasteiger partial charge in [-0.3, -0.25) is 4.79 Å². The maximum absolute atomic E-state index is 12.1. The predicted molar refractivity (Wildman–Crippen MR) is 92.1 cm³/mol. The molecule has 0 atom stereocenters. The van der Waals surface area contributed by atoms with Gasteiger partial charge in [-0.1, -0.05) is 18.2 Å². The first-order valence-electron chi connectivity index (χ1n) is 7.67. The highest BCUT2D eigenvalue weighted by Crippen LogP contribution is 2.21. The van der Waals surface area contributed by atoms with Gasteiger partial charge in [0.2, 0.25) is 0 Å². The Morgan fingerprint density at radius 1 is 1.17 bits per heavy atom. The summed E-state index contributed by atoms with van der Waals surface area (Å²) in [6.45, 7) is 2.69. The van der Waals surface area contributed by atoms with Crippen molar-refractivity contribution in [3.05, 3.63) is 65.4 Å². The van der Waals surface area contributed by atoms with Crippen LogP contribution in [0.2, 0.25) is 0 Å². The fourth-order valence-electron chi connectivity index (χ4n) is 2.73. The molecule has 0 spiro atoms. The standard InChI is InChI=1S/C19H20N2O2/c1-13-4-3-5-17-15(12-21-18(13)17)10-11-20-19(22)14-6-8-16(23-2)9-7-14/h3-9,12,21H,10-11H2,1-2H3,(H,20,22). The minimum Gasteiger partial charge on any atom is -0.497 e. The quantitative estimate of drug-likeness (QED) is 0.758. The molecular weight excluding hydrogens is 288 g/mol. The number of methoxy groups -OCH3 is 1. The van der Waals surface area contributed by atoms with E-state index in [0.717, 1.165) is 12.2 Å². The number of hydrogen-bond acceptors (Lipinski definition) is 2. The number of fused-ring (bicyclic) bond motifs is 1. The topological polar surface area (TPSA) is 54.1 Å². The number of aromatic amines is 1. The van der Waals surface area contributed by atoms with E-state index in [1.54, 1.807) is 31.4 Å². The van der Waals surface area contributed by atoms with E-state index in [9.17, 15) is 4.79 Å². The summed E-state index contributed by atoms with van der Waals surface area (Å²) < 4.78 is 5.09. The van der Waals surface area contributed by atoms with Crippen molar-refractivity contribution in [3.8, 4) is 5.75 Å². The molecule has 0 radical (unpaired) electrons. The molecule has 0 bridgehead atoms. The average molecular weight is 308 g/mol. The highest BCUT2D eigenvalue weighted by atomic mass is 16.5. The Kier molecular flexibility index (Phi) is 4.33. The largest absolute Gasteiger partial charge is 0.497 e. The van der Waals surface area contributed by atoms with E-state index >= 15 is 0 Å². The van der Waals surface area contributed by atoms with Crippen molar-refractivity contribution in [2.24, 2.45) is 0 Å². The number of carbonyl (C=O) groups excluding carboxylic acids is 1. The molecule has 118 valence electrons. The summed E-state index contributed by atoms with van der Waals surface area (Å²) in [5.74, 6) is 0.680. The summed E-state index contributed by atoms with van der Waals surface area (Å²) in [5, 5.41) is 4.19. The van der Waals surface area contributed by atoms with Gasteiger partial charge < -0.3 is 15.0 Å². The van der Waals surface area contributed by atoms with Crippen molar-refractivity contribution in [2.75, 3.05) is 13.7 Å². The SMILES string of the molecule is COc1ccc(C(=O)NCCc2c[nH]c3c(C)cccc23)cc1. The first kappa shape index (κ1) is 15.2. The lowest BCUT2D eigenvalue weighted by molar-refractivity contribution is 0.0954. The smallest absolute Gasteiger partial charge is 0.251 e. The van der Waals surface area contributed by atoms with Crippen molar-refractivity contribution >= 4 is 16.8 Å². The third kappa shape index (κ3) is 3.21. The number of carbonyl (C=O) groups is 1. The molecule has 2 N–H and O–H groups in total. The Morgan fingerprint density at radius 2 is 1.96 bits per heavy atom. The molecule has 4 nitrogen and oxygen atoms in total. The predicted octanol–water partition coefficient (Wildman–Crippen LogP) is 3.46. The molecule has 0 aliphatic rings. The van der Waals surface area contributed by atoms with Gasteiger partial charge in [0.25, 0.3) is 5.91 Å². The maximum Gasteiger partial charge on any atom is 0.251 e. The monoisotopic (exact) mass is 308 g/mol. The first-order valence-corrected chi connectivity index (χ1v) is 7.67. The number of nitrogens with one attached hydrogen (secondary N) is 2. The van der Waals surface area contributed by atoms with Gasteiger partial charge in [0.05, 0.1) is 7.11 Å². The van der Waals surface area contributed by atoms with E-state index in [0.29, 0.717) is 12.1 Å². The molecule has 2 aromatic carbocycles. The molecule has 0 saturated carbocycles. The third-order valence-electron chi connectivity index (χ3n) is 4.04. The Labute approximate surface area is 135 Å². The van der Waals surface area contributed by atoms with Gasteiger partial charge in [0.1, 0.15) is 5.75 Å². The molecule has 1 heterocycles. The normalized spacial score (nSPS) is 10.7. The lowest BCUT2D eigenvalue weighted by Crippen LogP contribution is -2.25. The van der Waals surface area contributed by atoms with Crippen LogP contribution in [0.15, 0.2) is 48.7 Å². The second-order valence-electron chi connectivity index (χ2n) is 5.55. The fourth-order valence-corrected chi connectivity index (χ4v) is 2.73. The minimum atomic E-state index is -0.0660. The highest BCUT2D eigenvalue weighted by molar-refractivity contribution is 5.94. The number of aryl methyl sites for hydroxylation is 1. The molecule has 3 rings (SSSR count). The molecule has 0 aliphatic carbocycles. The second-order valence-corrected chi connectivity index (χ2v) is 5.55. The van der Waals surface area contributed by atoms with Gasteiger partial charge >= 0.3 is 0 Å². The van der Waals surface area contributed by atoms with Crippen LogP contribution in [-0.4, -0.2) is 24.5 Å². The summed E-state index contributed by atoms with van der Waals surface area (Å²) in [4.78, 5) is 15.4.